The number of ether oxygens (including phenoxy) is 1. The molecule has 0 radical (unpaired) electrons. The van der Waals surface area contributed by atoms with Crippen LogP contribution in [0.2, 0.25) is 0 Å². The van der Waals surface area contributed by atoms with Crippen molar-refractivity contribution in [2.24, 2.45) is 0 Å². The van der Waals surface area contributed by atoms with Gasteiger partial charge in [0.2, 0.25) is 0 Å². The summed E-state index contributed by atoms with van der Waals surface area (Å²) in [5, 5.41) is 7.16. The van der Waals surface area contributed by atoms with E-state index in [0.717, 1.165) is 56.7 Å². The molecule has 2 aliphatic heterocycles. The largest absolute Gasteiger partial charge is 0.458 e. The van der Waals surface area contributed by atoms with E-state index in [2.05, 4.69) is 233 Å². The minimum atomic E-state index is -0.00143. The van der Waals surface area contributed by atoms with Gasteiger partial charge in [-0.05, 0) is 141 Å². The third-order valence-corrected chi connectivity index (χ3v) is 12.7. The molecule has 0 fully saturated rings. The molecule has 0 aliphatic carbocycles. The highest BCUT2D eigenvalue weighted by Gasteiger charge is 2.42. The van der Waals surface area contributed by atoms with Crippen LogP contribution in [0.15, 0.2) is 218 Å². The van der Waals surface area contributed by atoms with Gasteiger partial charge in [-0.1, -0.05) is 115 Å². The number of hydrogen-bond acceptors (Lipinski definition) is 3. The molecule has 0 bridgehead atoms. The monoisotopic (exact) mass is 777 g/mol. The van der Waals surface area contributed by atoms with E-state index in [4.69, 9.17) is 4.74 Å². The molecular weight excluding hydrogens is 741 g/mol. The Morgan fingerprint density at radius 1 is 0.377 bits per heavy atom. The molecule has 0 saturated carbocycles. The average molecular weight is 778 g/mol. The minimum absolute atomic E-state index is 0.00143. The lowest BCUT2D eigenvalue weighted by Gasteiger charge is -2.39. The topological polar surface area (TPSA) is 20.6 Å². The van der Waals surface area contributed by atoms with Crippen LogP contribution in [0, 0.1) is 0 Å². The second-order valence-corrected chi connectivity index (χ2v) is 16.1. The van der Waals surface area contributed by atoms with Crippen molar-refractivity contribution in [2.45, 2.75) is 0 Å². The van der Waals surface area contributed by atoms with Gasteiger partial charge in [0, 0.05) is 50.6 Å². The molecule has 0 amide bonds. The van der Waals surface area contributed by atoms with Gasteiger partial charge >= 0.3 is 0 Å². The van der Waals surface area contributed by atoms with Crippen LogP contribution < -0.4 is 30.9 Å². The Kier molecular flexibility index (Phi) is 7.37. The van der Waals surface area contributed by atoms with E-state index in [1.807, 2.05) is 0 Å². The van der Waals surface area contributed by atoms with Crippen molar-refractivity contribution in [1.29, 1.82) is 0 Å². The maximum atomic E-state index is 6.99. The Bertz CT molecular complexity index is 3530. The first-order valence-corrected chi connectivity index (χ1v) is 21.0. The maximum absolute atomic E-state index is 6.99. The first kappa shape index (κ1) is 33.9. The highest BCUT2D eigenvalue weighted by atomic mass is 16.5. The fraction of sp³-hybridized carbons (Fsp3) is 0. The van der Waals surface area contributed by atoms with Gasteiger partial charge in [-0.25, -0.2) is 0 Å². The Morgan fingerprint density at radius 2 is 0.984 bits per heavy atom. The molecule has 284 valence electrons. The fourth-order valence-electron chi connectivity index (χ4n) is 10.1. The maximum Gasteiger partial charge on any atom is 0.256 e. The summed E-state index contributed by atoms with van der Waals surface area (Å²) in [4.78, 5) is 4.75. The number of fused-ring (bicyclic) bond motifs is 9. The van der Waals surface area contributed by atoms with Crippen molar-refractivity contribution in [1.82, 2.24) is 4.57 Å². The van der Waals surface area contributed by atoms with E-state index in [0.29, 0.717) is 0 Å². The van der Waals surface area contributed by atoms with E-state index in [1.165, 1.54) is 54.4 Å². The molecule has 0 atom stereocenters. The van der Waals surface area contributed by atoms with Gasteiger partial charge in [-0.15, -0.1) is 0 Å². The van der Waals surface area contributed by atoms with Crippen LogP contribution in [-0.4, -0.2) is 11.3 Å². The highest BCUT2D eigenvalue weighted by molar-refractivity contribution is 6.99. The van der Waals surface area contributed by atoms with E-state index < -0.39 is 0 Å². The molecule has 5 heteroatoms. The van der Waals surface area contributed by atoms with E-state index >= 15 is 0 Å². The molecular formula is C56H36BN3O. The van der Waals surface area contributed by atoms with Crippen LogP contribution in [0.1, 0.15) is 0 Å². The van der Waals surface area contributed by atoms with E-state index in [9.17, 15) is 0 Å². The molecule has 13 rings (SSSR count). The summed E-state index contributed by atoms with van der Waals surface area (Å²) in [6.07, 6.45) is 0. The van der Waals surface area contributed by atoms with E-state index in [-0.39, 0.29) is 6.71 Å². The third kappa shape index (κ3) is 5.20. The van der Waals surface area contributed by atoms with Crippen molar-refractivity contribution in [2.75, 3.05) is 9.80 Å². The smallest absolute Gasteiger partial charge is 0.256 e. The Labute approximate surface area is 353 Å². The molecule has 1 aromatic heterocycles. The highest BCUT2D eigenvalue weighted by Crippen LogP contribution is 2.44. The number of hydrogen-bond donors (Lipinski definition) is 0. The minimum Gasteiger partial charge on any atom is -0.458 e. The lowest BCUT2D eigenvalue weighted by molar-refractivity contribution is 0.488. The summed E-state index contributed by atoms with van der Waals surface area (Å²) in [5.41, 5.74) is 13.9. The Morgan fingerprint density at radius 3 is 1.79 bits per heavy atom. The molecule has 61 heavy (non-hydrogen) atoms. The fourth-order valence-corrected chi connectivity index (χ4v) is 10.1. The quantitative estimate of drug-likeness (QED) is 0.162. The molecule has 4 nitrogen and oxygen atoms in total. The molecule has 2 aliphatic rings. The molecule has 10 aromatic carbocycles. The predicted molar refractivity (Wildman–Crippen MR) is 256 cm³/mol. The van der Waals surface area contributed by atoms with Crippen LogP contribution >= 0.6 is 0 Å². The first-order valence-electron chi connectivity index (χ1n) is 21.0. The van der Waals surface area contributed by atoms with Crippen molar-refractivity contribution in [3.05, 3.63) is 218 Å². The lowest BCUT2D eigenvalue weighted by Crippen LogP contribution is -2.59. The number of anilines is 6. The number of rotatable bonds is 5. The normalized spacial score (nSPS) is 12.7. The van der Waals surface area contributed by atoms with Crippen molar-refractivity contribution in [3.63, 3.8) is 0 Å². The number of aromatic nitrogens is 1. The number of benzene rings is 10. The van der Waals surface area contributed by atoms with Gasteiger partial charge in [-0.2, -0.15) is 0 Å². The summed E-state index contributed by atoms with van der Waals surface area (Å²) >= 11 is 0. The average Bonchev–Trinajstić information content (AvgIpc) is 3.62. The molecule has 0 N–H and O–H groups in total. The van der Waals surface area contributed by atoms with Crippen LogP contribution in [0.25, 0.3) is 49.0 Å². The van der Waals surface area contributed by atoms with Crippen LogP contribution in [0.5, 0.6) is 11.5 Å². The lowest BCUT2D eigenvalue weighted by atomic mass is 9.34. The van der Waals surface area contributed by atoms with Crippen molar-refractivity contribution < 1.29 is 4.74 Å². The third-order valence-electron chi connectivity index (χ3n) is 12.7. The summed E-state index contributed by atoms with van der Waals surface area (Å²) in [6.45, 7) is -0.00143. The van der Waals surface area contributed by atoms with Gasteiger partial charge < -0.3 is 19.1 Å². The Balaban J connectivity index is 1.03. The molecule has 11 aromatic rings. The molecule has 0 saturated heterocycles. The summed E-state index contributed by atoms with van der Waals surface area (Å²) in [5.74, 6) is 1.81. The molecule has 0 spiro atoms. The van der Waals surface area contributed by atoms with Gasteiger partial charge in [0.1, 0.15) is 11.5 Å². The van der Waals surface area contributed by atoms with Crippen molar-refractivity contribution >= 4 is 101 Å². The second-order valence-electron chi connectivity index (χ2n) is 16.1. The van der Waals surface area contributed by atoms with Gasteiger partial charge in [-0.3, -0.25) is 0 Å². The zero-order valence-electron chi connectivity index (χ0n) is 33.1. The first-order chi connectivity index (χ1) is 30.2. The summed E-state index contributed by atoms with van der Waals surface area (Å²) in [7, 11) is 0. The number of para-hydroxylation sites is 4. The second kappa shape index (κ2) is 13.3. The van der Waals surface area contributed by atoms with Crippen molar-refractivity contribution in [3.8, 4) is 17.2 Å². The predicted octanol–water partition coefficient (Wildman–Crippen LogP) is 13.0. The summed E-state index contributed by atoms with van der Waals surface area (Å²) in [6, 6.07) is 79.1. The van der Waals surface area contributed by atoms with Gasteiger partial charge in [0.05, 0.1) is 11.0 Å². The van der Waals surface area contributed by atoms with Crippen LogP contribution in [0.3, 0.4) is 0 Å². The number of nitrogens with zero attached hydrogens (tertiary/aromatic N) is 3. The van der Waals surface area contributed by atoms with E-state index in [1.54, 1.807) is 0 Å². The molecule has 3 heterocycles. The zero-order chi connectivity index (χ0) is 40.0. The zero-order valence-corrected chi connectivity index (χ0v) is 33.1. The SMILES string of the molecule is c1ccc(N(c2ccc3ccccc3c2)c2ccc3cc4c5cc6c(cc5n(-c5ccccc5)c4cc3c2)B2c3ccccc3N(c3ccccc3)c3cccc(c32)O6)cc1. The van der Waals surface area contributed by atoms with Gasteiger partial charge in [0.15, 0.2) is 0 Å². The standard InChI is InChI=1S/C56H36BN3O/c1-4-17-41(18-5-1)58(44-29-27-37-15-10-11-16-38(37)31-44)45-30-28-39-33-46-47-35-55-49(36-53(47)60(43-21-8-3-9-22-43)52(46)34-40(39)32-45)57-48-23-12-13-24-50(48)59(42-19-6-2-7-20-42)51-25-14-26-54(61-55)56(51)57/h1-36H. The Hall–Kier alpha value is -8.02. The summed E-state index contributed by atoms with van der Waals surface area (Å²) < 4.78 is 9.44. The van der Waals surface area contributed by atoms with Gasteiger partial charge in [0.25, 0.3) is 6.71 Å². The molecule has 0 unspecified atom stereocenters. The van der Waals surface area contributed by atoms with Crippen LogP contribution in [0.4, 0.5) is 34.1 Å². The van der Waals surface area contributed by atoms with Crippen LogP contribution in [-0.2, 0) is 0 Å².